The summed E-state index contributed by atoms with van der Waals surface area (Å²) in [5.41, 5.74) is 0.696. The lowest BCUT2D eigenvalue weighted by Crippen LogP contribution is -2.29. The number of halogens is 2. The van der Waals surface area contributed by atoms with Crippen molar-refractivity contribution in [1.82, 2.24) is 0 Å². The zero-order valence-electron chi connectivity index (χ0n) is 12.7. The van der Waals surface area contributed by atoms with Crippen molar-refractivity contribution < 1.29 is 18.0 Å². The number of benzene rings is 2. The summed E-state index contributed by atoms with van der Waals surface area (Å²) in [4.78, 5) is 24.3. The molecule has 9 heteroatoms. The first-order valence-electron chi connectivity index (χ1n) is 7.20. The number of rotatable bonds is 3. The smallest absolute Gasteiger partial charge is 0.255 e. The summed E-state index contributed by atoms with van der Waals surface area (Å²) in [6.45, 7) is 0. The molecule has 3 rings (SSSR count). The number of nitrogens with one attached hydrogen (secondary N) is 1. The zero-order valence-corrected chi connectivity index (χ0v) is 15.0. The van der Waals surface area contributed by atoms with Crippen molar-refractivity contribution >= 4 is 56.4 Å². The van der Waals surface area contributed by atoms with Crippen LogP contribution in [0.3, 0.4) is 0 Å². The molecule has 2 aromatic rings. The standard InChI is InChI=1S/C16H12Cl2N2O4S/c17-11-4-5-14(13(18)9-11)19-16(22)10-2-1-3-12(8-10)20-15(21)6-7-25(20,23)24/h1-5,8-9H,6-7H2,(H,19,22). The van der Waals surface area contributed by atoms with Gasteiger partial charge in [0.1, 0.15) is 0 Å². The van der Waals surface area contributed by atoms with E-state index in [1.165, 1.54) is 30.3 Å². The Kier molecular flexibility index (Phi) is 4.73. The Bertz CT molecular complexity index is 976. The van der Waals surface area contributed by atoms with Gasteiger partial charge in [0, 0.05) is 17.0 Å². The fraction of sp³-hybridized carbons (Fsp3) is 0.125. The van der Waals surface area contributed by atoms with Crippen LogP contribution in [0.5, 0.6) is 0 Å². The topological polar surface area (TPSA) is 83.6 Å². The highest BCUT2D eigenvalue weighted by Gasteiger charge is 2.36. The van der Waals surface area contributed by atoms with E-state index in [2.05, 4.69) is 5.32 Å². The van der Waals surface area contributed by atoms with Crippen LogP contribution >= 0.6 is 23.2 Å². The molecule has 1 N–H and O–H groups in total. The first kappa shape index (κ1) is 17.7. The highest BCUT2D eigenvalue weighted by atomic mass is 35.5. The number of amides is 2. The van der Waals surface area contributed by atoms with Gasteiger partial charge in [-0.2, -0.15) is 0 Å². The molecule has 130 valence electrons. The predicted molar refractivity (Wildman–Crippen MR) is 96.7 cm³/mol. The summed E-state index contributed by atoms with van der Waals surface area (Å²) >= 11 is 11.8. The van der Waals surface area contributed by atoms with Gasteiger partial charge in [0.15, 0.2) is 0 Å². The van der Waals surface area contributed by atoms with Crippen molar-refractivity contribution in [3.63, 3.8) is 0 Å². The number of sulfonamides is 1. The SMILES string of the molecule is O=C(Nc1ccc(Cl)cc1Cl)c1cccc(N2C(=O)CCS2(=O)=O)c1. The summed E-state index contributed by atoms with van der Waals surface area (Å²) in [6.07, 6.45) is -0.0703. The maximum atomic E-state index is 12.4. The van der Waals surface area contributed by atoms with Crippen molar-refractivity contribution in [1.29, 1.82) is 0 Å². The molecule has 0 unspecified atom stereocenters. The molecule has 1 aliphatic heterocycles. The molecule has 0 spiro atoms. The molecule has 1 fully saturated rings. The Morgan fingerprint density at radius 3 is 2.52 bits per heavy atom. The second kappa shape index (κ2) is 6.67. The van der Waals surface area contributed by atoms with Crippen LogP contribution in [0.2, 0.25) is 10.0 Å². The van der Waals surface area contributed by atoms with E-state index in [0.717, 1.165) is 4.31 Å². The zero-order chi connectivity index (χ0) is 18.2. The van der Waals surface area contributed by atoms with E-state index in [9.17, 15) is 18.0 Å². The predicted octanol–water partition coefficient (Wildman–Crippen LogP) is 3.31. The largest absolute Gasteiger partial charge is 0.321 e. The molecular weight excluding hydrogens is 387 g/mol. The molecule has 25 heavy (non-hydrogen) atoms. The first-order chi connectivity index (χ1) is 11.8. The summed E-state index contributed by atoms with van der Waals surface area (Å²) < 4.78 is 24.7. The molecular formula is C16H12Cl2N2O4S. The lowest BCUT2D eigenvalue weighted by Gasteiger charge is -2.16. The number of carbonyl (C=O) groups excluding carboxylic acids is 2. The maximum Gasteiger partial charge on any atom is 0.255 e. The number of nitrogens with zero attached hydrogens (tertiary/aromatic N) is 1. The third-order valence-electron chi connectivity index (χ3n) is 3.60. The van der Waals surface area contributed by atoms with Crippen LogP contribution < -0.4 is 9.62 Å². The summed E-state index contributed by atoms with van der Waals surface area (Å²) in [5.74, 6) is -1.24. The fourth-order valence-electron chi connectivity index (χ4n) is 2.43. The van der Waals surface area contributed by atoms with E-state index < -0.39 is 21.8 Å². The molecule has 6 nitrogen and oxygen atoms in total. The molecule has 1 saturated heterocycles. The minimum Gasteiger partial charge on any atom is -0.321 e. The van der Waals surface area contributed by atoms with Crippen molar-refractivity contribution in [3.05, 3.63) is 58.1 Å². The van der Waals surface area contributed by atoms with Gasteiger partial charge in [0.05, 0.1) is 22.2 Å². The van der Waals surface area contributed by atoms with E-state index in [1.807, 2.05) is 0 Å². The average molecular weight is 399 g/mol. The normalized spacial score (nSPS) is 16.1. The monoisotopic (exact) mass is 398 g/mol. The minimum absolute atomic E-state index is 0.0703. The highest BCUT2D eigenvalue weighted by molar-refractivity contribution is 7.94. The Labute approximate surface area is 154 Å². The van der Waals surface area contributed by atoms with Crippen molar-refractivity contribution in [2.75, 3.05) is 15.4 Å². The Morgan fingerprint density at radius 2 is 1.88 bits per heavy atom. The Hall–Kier alpha value is -2.09. The van der Waals surface area contributed by atoms with Gasteiger partial charge in [-0.05, 0) is 36.4 Å². The quantitative estimate of drug-likeness (QED) is 0.859. The van der Waals surface area contributed by atoms with Crippen LogP contribution in [0.4, 0.5) is 11.4 Å². The van der Waals surface area contributed by atoms with Gasteiger partial charge >= 0.3 is 0 Å². The molecule has 2 aromatic carbocycles. The molecule has 2 amide bonds. The van der Waals surface area contributed by atoms with E-state index >= 15 is 0 Å². The van der Waals surface area contributed by atoms with Crippen LogP contribution in [0, 0.1) is 0 Å². The summed E-state index contributed by atoms with van der Waals surface area (Å²) in [5, 5.41) is 3.33. The fourth-order valence-corrected chi connectivity index (χ4v) is 4.33. The third kappa shape index (κ3) is 3.63. The maximum absolute atomic E-state index is 12.4. The van der Waals surface area contributed by atoms with Gasteiger partial charge in [-0.1, -0.05) is 29.3 Å². The number of anilines is 2. The van der Waals surface area contributed by atoms with E-state index in [1.54, 1.807) is 12.1 Å². The van der Waals surface area contributed by atoms with Gasteiger partial charge in [-0.3, -0.25) is 9.59 Å². The Morgan fingerprint density at radius 1 is 1.12 bits per heavy atom. The van der Waals surface area contributed by atoms with Crippen molar-refractivity contribution in [2.24, 2.45) is 0 Å². The van der Waals surface area contributed by atoms with E-state index in [-0.39, 0.29) is 28.4 Å². The molecule has 1 heterocycles. The molecule has 0 saturated carbocycles. The van der Waals surface area contributed by atoms with Crippen LogP contribution in [0.1, 0.15) is 16.8 Å². The molecule has 1 aliphatic rings. The number of carbonyl (C=O) groups is 2. The molecule has 0 aliphatic carbocycles. The molecule has 0 atom stereocenters. The van der Waals surface area contributed by atoms with Gasteiger partial charge in [0.25, 0.3) is 5.91 Å². The second-order valence-electron chi connectivity index (χ2n) is 5.35. The van der Waals surface area contributed by atoms with Crippen LogP contribution in [-0.4, -0.2) is 26.0 Å². The third-order valence-corrected chi connectivity index (χ3v) is 5.84. The van der Waals surface area contributed by atoms with Gasteiger partial charge in [-0.25, -0.2) is 12.7 Å². The lowest BCUT2D eigenvalue weighted by molar-refractivity contribution is -0.116. The second-order valence-corrected chi connectivity index (χ2v) is 8.13. The van der Waals surface area contributed by atoms with E-state index in [0.29, 0.717) is 10.7 Å². The number of hydrogen-bond donors (Lipinski definition) is 1. The molecule has 0 aromatic heterocycles. The molecule has 0 bridgehead atoms. The van der Waals surface area contributed by atoms with Gasteiger partial charge < -0.3 is 5.32 Å². The van der Waals surface area contributed by atoms with E-state index in [4.69, 9.17) is 23.2 Å². The van der Waals surface area contributed by atoms with Gasteiger partial charge in [-0.15, -0.1) is 0 Å². The van der Waals surface area contributed by atoms with Crippen molar-refractivity contribution in [3.8, 4) is 0 Å². The summed E-state index contributed by atoms with van der Waals surface area (Å²) in [7, 11) is -3.69. The van der Waals surface area contributed by atoms with Crippen LogP contribution in [-0.2, 0) is 14.8 Å². The summed E-state index contributed by atoms with van der Waals surface area (Å²) in [6, 6.07) is 10.5. The van der Waals surface area contributed by atoms with Crippen LogP contribution in [0.25, 0.3) is 0 Å². The van der Waals surface area contributed by atoms with Gasteiger partial charge in [0.2, 0.25) is 15.9 Å². The number of hydrogen-bond acceptors (Lipinski definition) is 4. The Balaban J connectivity index is 1.89. The molecule has 0 radical (unpaired) electrons. The minimum atomic E-state index is -3.69. The van der Waals surface area contributed by atoms with Crippen LogP contribution in [0.15, 0.2) is 42.5 Å². The average Bonchev–Trinajstić information content (AvgIpc) is 2.83. The lowest BCUT2D eigenvalue weighted by atomic mass is 10.1. The first-order valence-corrected chi connectivity index (χ1v) is 9.57. The highest BCUT2D eigenvalue weighted by Crippen LogP contribution is 2.28. The van der Waals surface area contributed by atoms with Crippen molar-refractivity contribution in [2.45, 2.75) is 6.42 Å².